The van der Waals surface area contributed by atoms with Crippen LogP contribution < -0.4 is 21.8 Å². The third-order valence-corrected chi connectivity index (χ3v) is 3.85. The van der Waals surface area contributed by atoms with Gasteiger partial charge in [0.25, 0.3) is 17.0 Å². The molecule has 0 aromatic carbocycles. The van der Waals surface area contributed by atoms with Gasteiger partial charge in [-0.15, -0.1) is 4.73 Å². The summed E-state index contributed by atoms with van der Waals surface area (Å²) in [5.74, 6) is -0.981. The predicted octanol–water partition coefficient (Wildman–Crippen LogP) is -0.503. The smallest absolute Gasteiger partial charge is 0.293 e. The number of ether oxygens (including phenoxy) is 1. The molecule has 10 heteroatoms. The maximum absolute atomic E-state index is 11.9. The van der Waals surface area contributed by atoms with Gasteiger partial charge < -0.3 is 30.3 Å². The van der Waals surface area contributed by atoms with Crippen molar-refractivity contribution in [3.05, 3.63) is 69.0 Å². The van der Waals surface area contributed by atoms with E-state index in [2.05, 4.69) is 17.2 Å². The third kappa shape index (κ3) is 5.01. The van der Waals surface area contributed by atoms with Gasteiger partial charge in [-0.05, 0) is 12.1 Å². The molecule has 0 aliphatic heterocycles. The van der Waals surface area contributed by atoms with Crippen LogP contribution in [0.5, 0.6) is 5.75 Å². The predicted molar refractivity (Wildman–Crippen MR) is 101 cm³/mol. The maximum atomic E-state index is 11.9. The second kappa shape index (κ2) is 9.42. The maximum Gasteiger partial charge on any atom is 0.293 e. The molecular weight excluding hydrogens is 368 g/mol. The fourth-order valence-electron chi connectivity index (χ4n) is 2.31. The van der Waals surface area contributed by atoms with Crippen LogP contribution >= 0.6 is 0 Å². The molecule has 0 saturated heterocycles. The molecule has 0 spiro atoms. The van der Waals surface area contributed by atoms with Gasteiger partial charge >= 0.3 is 0 Å². The Balaban J connectivity index is 1.68. The van der Waals surface area contributed by atoms with E-state index in [0.717, 1.165) is 6.07 Å². The number of hydrogen-bond donors (Lipinski definition) is 4. The minimum absolute atomic E-state index is 0.167. The SMILES string of the molecule is C=C(NCCOCCNC(=O)c1cccc(=O)n1O)c1ccn(C)c(=O)c1O. The van der Waals surface area contributed by atoms with Gasteiger partial charge in [-0.1, -0.05) is 12.6 Å². The van der Waals surface area contributed by atoms with Gasteiger partial charge in [-0.25, -0.2) is 0 Å². The van der Waals surface area contributed by atoms with Gasteiger partial charge in [0.05, 0.1) is 13.2 Å². The molecule has 2 aromatic rings. The zero-order valence-electron chi connectivity index (χ0n) is 15.3. The molecule has 0 unspecified atom stereocenters. The lowest BCUT2D eigenvalue weighted by Gasteiger charge is -2.12. The second-order valence-electron chi connectivity index (χ2n) is 5.83. The fourth-order valence-corrected chi connectivity index (χ4v) is 2.31. The van der Waals surface area contributed by atoms with Crippen LogP contribution in [-0.4, -0.2) is 51.8 Å². The number of nitrogens with one attached hydrogen (secondary N) is 2. The number of aromatic hydroxyl groups is 1. The topological polar surface area (TPSA) is 135 Å². The van der Waals surface area contributed by atoms with Crippen LogP contribution in [0.3, 0.4) is 0 Å². The van der Waals surface area contributed by atoms with E-state index >= 15 is 0 Å². The molecule has 0 aliphatic rings. The molecule has 4 N–H and O–H groups in total. The van der Waals surface area contributed by atoms with E-state index < -0.39 is 17.0 Å². The summed E-state index contributed by atoms with van der Waals surface area (Å²) in [6.07, 6.45) is 1.53. The normalized spacial score (nSPS) is 10.5. The molecule has 0 atom stereocenters. The van der Waals surface area contributed by atoms with Gasteiger partial charge in [0, 0.05) is 43.7 Å². The van der Waals surface area contributed by atoms with E-state index in [0.29, 0.717) is 17.8 Å². The van der Waals surface area contributed by atoms with Crippen molar-refractivity contribution in [1.82, 2.24) is 19.9 Å². The highest BCUT2D eigenvalue weighted by Crippen LogP contribution is 2.17. The first-order valence-corrected chi connectivity index (χ1v) is 8.42. The molecule has 2 rings (SSSR count). The zero-order valence-corrected chi connectivity index (χ0v) is 15.3. The van der Waals surface area contributed by atoms with Gasteiger partial charge in [-0.2, -0.15) is 0 Å². The Morgan fingerprint density at radius 2 is 1.86 bits per heavy atom. The molecule has 0 aliphatic carbocycles. The Labute approximate surface area is 160 Å². The second-order valence-corrected chi connectivity index (χ2v) is 5.83. The van der Waals surface area contributed by atoms with Crippen molar-refractivity contribution in [2.45, 2.75) is 0 Å². The number of aryl methyl sites for hydroxylation is 1. The number of carbonyl (C=O) groups is 1. The summed E-state index contributed by atoms with van der Waals surface area (Å²) in [5.41, 5.74) is -0.679. The number of carbonyl (C=O) groups excluding carboxylic acids is 1. The highest BCUT2D eigenvalue weighted by Gasteiger charge is 2.11. The average molecular weight is 390 g/mol. The summed E-state index contributed by atoms with van der Waals surface area (Å²) in [6, 6.07) is 5.40. The monoisotopic (exact) mass is 390 g/mol. The standard InChI is InChI=1S/C18H22N4O6/c1-12(13-6-9-21(2)18(26)16(13)24)19-7-10-28-11-8-20-17(25)14-4-3-5-15(23)22(14)27/h3-6,9,19,24,27H,1,7-8,10-11H2,2H3,(H,20,25). The first-order chi connectivity index (χ1) is 13.3. The highest BCUT2D eigenvalue weighted by atomic mass is 16.5. The van der Waals surface area contributed by atoms with Crippen molar-refractivity contribution >= 4 is 11.6 Å². The lowest BCUT2D eigenvalue weighted by molar-refractivity contribution is 0.0860. The fraction of sp³-hybridized carbons (Fsp3) is 0.278. The van der Waals surface area contributed by atoms with Crippen LogP contribution in [0.2, 0.25) is 0 Å². The molecule has 0 radical (unpaired) electrons. The number of hydrogen-bond acceptors (Lipinski definition) is 7. The minimum Gasteiger partial charge on any atom is -0.503 e. The Morgan fingerprint density at radius 3 is 2.57 bits per heavy atom. The van der Waals surface area contributed by atoms with E-state index in [9.17, 15) is 24.7 Å². The number of rotatable bonds is 9. The Morgan fingerprint density at radius 1 is 1.18 bits per heavy atom. The molecule has 1 amide bonds. The lowest BCUT2D eigenvalue weighted by Crippen LogP contribution is -2.33. The molecule has 2 aromatic heterocycles. The van der Waals surface area contributed by atoms with Crippen LogP contribution in [0.1, 0.15) is 16.1 Å². The number of aromatic nitrogens is 2. The van der Waals surface area contributed by atoms with Crippen molar-refractivity contribution in [1.29, 1.82) is 0 Å². The first-order valence-electron chi connectivity index (χ1n) is 8.42. The number of amides is 1. The first kappa shape index (κ1) is 20.8. The summed E-state index contributed by atoms with van der Waals surface area (Å²) in [7, 11) is 1.53. The quantitative estimate of drug-likeness (QED) is 0.335. The number of pyridine rings is 2. The van der Waals surface area contributed by atoms with Crippen LogP contribution in [-0.2, 0) is 11.8 Å². The van der Waals surface area contributed by atoms with E-state index in [4.69, 9.17) is 4.74 Å². The minimum atomic E-state index is -0.697. The Hall–Kier alpha value is -3.53. The van der Waals surface area contributed by atoms with Gasteiger partial charge in [0.2, 0.25) is 0 Å². The molecule has 10 nitrogen and oxygen atoms in total. The Bertz CT molecular complexity index is 979. The number of nitrogens with zero attached hydrogens (tertiary/aromatic N) is 2. The van der Waals surface area contributed by atoms with E-state index in [1.54, 1.807) is 6.07 Å². The average Bonchev–Trinajstić information content (AvgIpc) is 2.67. The lowest BCUT2D eigenvalue weighted by atomic mass is 10.2. The molecule has 28 heavy (non-hydrogen) atoms. The summed E-state index contributed by atoms with van der Waals surface area (Å²) < 4.78 is 6.89. The van der Waals surface area contributed by atoms with Crippen molar-refractivity contribution in [2.75, 3.05) is 26.3 Å². The van der Waals surface area contributed by atoms with Crippen molar-refractivity contribution in [2.24, 2.45) is 7.05 Å². The zero-order chi connectivity index (χ0) is 20.7. The summed E-state index contributed by atoms with van der Waals surface area (Å²) in [4.78, 5) is 34.8. The summed E-state index contributed by atoms with van der Waals surface area (Å²) in [6.45, 7) is 4.83. The van der Waals surface area contributed by atoms with E-state index in [-0.39, 0.29) is 35.9 Å². The van der Waals surface area contributed by atoms with Gasteiger partial charge in [0.15, 0.2) is 5.75 Å². The molecule has 2 heterocycles. The van der Waals surface area contributed by atoms with Crippen molar-refractivity contribution in [3.8, 4) is 5.75 Å². The summed E-state index contributed by atoms with van der Waals surface area (Å²) in [5, 5.41) is 24.8. The van der Waals surface area contributed by atoms with E-state index in [1.165, 1.54) is 29.9 Å². The molecule has 0 bridgehead atoms. The van der Waals surface area contributed by atoms with Crippen LogP contribution in [0.25, 0.3) is 5.70 Å². The van der Waals surface area contributed by atoms with Crippen molar-refractivity contribution < 1.29 is 19.8 Å². The van der Waals surface area contributed by atoms with Crippen LogP contribution in [0.15, 0.2) is 46.6 Å². The largest absolute Gasteiger partial charge is 0.503 e. The van der Waals surface area contributed by atoms with Crippen molar-refractivity contribution in [3.63, 3.8) is 0 Å². The van der Waals surface area contributed by atoms with Gasteiger partial charge in [-0.3, -0.25) is 14.4 Å². The summed E-state index contributed by atoms with van der Waals surface area (Å²) >= 11 is 0. The van der Waals surface area contributed by atoms with E-state index in [1.807, 2.05) is 0 Å². The third-order valence-electron chi connectivity index (χ3n) is 3.85. The molecule has 150 valence electrons. The molecule has 0 fully saturated rings. The van der Waals surface area contributed by atoms with Gasteiger partial charge in [0.1, 0.15) is 5.69 Å². The molecular formula is C18H22N4O6. The molecule has 0 saturated carbocycles. The Kier molecular flexibility index (Phi) is 6.99. The highest BCUT2D eigenvalue weighted by molar-refractivity contribution is 5.92. The van der Waals surface area contributed by atoms with Crippen LogP contribution in [0, 0.1) is 0 Å². The van der Waals surface area contributed by atoms with Crippen LogP contribution in [0.4, 0.5) is 0 Å².